The second kappa shape index (κ2) is 22.2. The van der Waals surface area contributed by atoms with Crippen LogP contribution in [0.1, 0.15) is 150 Å². The van der Waals surface area contributed by atoms with Crippen LogP contribution in [-0.4, -0.2) is 99.8 Å². The van der Waals surface area contributed by atoms with E-state index in [1.165, 1.54) is 46.3 Å². The van der Waals surface area contributed by atoms with E-state index in [-0.39, 0.29) is 39.4 Å². The van der Waals surface area contributed by atoms with E-state index in [0.29, 0.717) is 25.9 Å². The number of hydrogen-bond acceptors (Lipinski definition) is 13. The van der Waals surface area contributed by atoms with Crippen LogP contribution in [0.25, 0.3) is 0 Å². The summed E-state index contributed by atoms with van der Waals surface area (Å²) in [5, 5.41) is 37.4. The number of unbranched alkanes of at least 4 members (excludes halogenated alkanes) is 6. The van der Waals surface area contributed by atoms with Gasteiger partial charge in [-0.1, -0.05) is 98.3 Å². The number of ether oxygens (including phenoxy) is 4. The van der Waals surface area contributed by atoms with Crippen molar-refractivity contribution in [3.63, 3.8) is 0 Å². The summed E-state index contributed by atoms with van der Waals surface area (Å²) in [5.74, 6) is -8.84. The Kier molecular flexibility index (Phi) is 17.9. The largest absolute Gasteiger partial charge is 0.507 e. The topological polar surface area (TPSA) is 198 Å². The number of benzene rings is 1. The van der Waals surface area contributed by atoms with E-state index in [2.05, 4.69) is 19.2 Å². The van der Waals surface area contributed by atoms with Crippen molar-refractivity contribution in [1.82, 2.24) is 10.2 Å². The number of carbonyl (C=O) groups excluding carboxylic acids is 5. The molecule has 1 aromatic carbocycles. The monoisotopic (exact) mass is 878 g/mol. The molecule has 9 atom stereocenters. The van der Waals surface area contributed by atoms with Crippen molar-refractivity contribution in [2.75, 3.05) is 20.2 Å². The Balaban J connectivity index is 1.96. The summed E-state index contributed by atoms with van der Waals surface area (Å²) >= 11 is 0. The zero-order valence-corrected chi connectivity index (χ0v) is 39.0. The van der Waals surface area contributed by atoms with Crippen molar-refractivity contribution in [3.05, 3.63) is 69.8 Å². The second-order valence-electron chi connectivity index (χ2n) is 17.6. The molecule has 3 heterocycles. The molecule has 14 nitrogen and oxygen atoms in total. The molecule has 0 radical (unpaired) electrons. The maximum Gasteiger partial charge on any atom is 0.312 e. The molecule has 1 amide bonds. The highest BCUT2D eigenvalue weighted by atomic mass is 16.7. The number of aliphatic hydroxyl groups is 2. The third-order valence-electron chi connectivity index (χ3n) is 12.8. The fourth-order valence-corrected chi connectivity index (χ4v) is 8.77. The lowest BCUT2D eigenvalue weighted by atomic mass is 9.78. The van der Waals surface area contributed by atoms with Crippen LogP contribution >= 0.6 is 0 Å². The van der Waals surface area contributed by atoms with E-state index in [1.54, 1.807) is 46.8 Å². The van der Waals surface area contributed by atoms with Crippen LogP contribution in [0.2, 0.25) is 0 Å². The average Bonchev–Trinajstić information content (AvgIpc) is 3.51. The van der Waals surface area contributed by atoms with Crippen molar-refractivity contribution in [2.24, 2.45) is 23.7 Å². The molecular weight excluding hydrogens is 809 g/mol. The van der Waals surface area contributed by atoms with Gasteiger partial charge in [0, 0.05) is 68.9 Å². The van der Waals surface area contributed by atoms with Crippen LogP contribution in [-0.2, 0) is 23.8 Å². The number of hydrogen-bond donors (Lipinski definition) is 4. The van der Waals surface area contributed by atoms with Crippen LogP contribution in [0.3, 0.4) is 0 Å². The van der Waals surface area contributed by atoms with Crippen molar-refractivity contribution in [3.8, 4) is 11.5 Å². The first-order chi connectivity index (χ1) is 29.8. The number of aliphatic hydroxyl groups excluding tert-OH is 2. The number of allylic oxidation sites excluding steroid dienone is 4. The maximum atomic E-state index is 15.2. The number of rotatable bonds is 13. The molecule has 0 aromatic heterocycles. The third-order valence-corrected chi connectivity index (χ3v) is 12.8. The van der Waals surface area contributed by atoms with Gasteiger partial charge in [-0.3, -0.25) is 24.0 Å². The van der Waals surface area contributed by atoms with Gasteiger partial charge < -0.3 is 44.5 Å². The predicted molar refractivity (Wildman–Crippen MR) is 238 cm³/mol. The van der Waals surface area contributed by atoms with Gasteiger partial charge in [-0.05, 0) is 32.8 Å². The minimum Gasteiger partial charge on any atom is -0.507 e. The zero-order chi connectivity index (χ0) is 46.9. The van der Waals surface area contributed by atoms with Gasteiger partial charge in [0.2, 0.25) is 11.6 Å². The molecule has 5 bridgehead atoms. The highest BCUT2D eigenvalue weighted by Gasteiger charge is 2.53. The third kappa shape index (κ3) is 11.1. The van der Waals surface area contributed by atoms with E-state index in [9.17, 15) is 34.5 Å². The van der Waals surface area contributed by atoms with Gasteiger partial charge in [-0.25, -0.2) is 0 Å². The first-order valence-corrected chi connectivity index (χ1v) is 22.6. The van der Waals surface area contributed by atoms with Crippen molar-refractivity contribution in [2.45, 2.75) is 151 Å². The average molecular weight is 879 g/mol. The molecule has 0 saturated heterocycles. The number of Topliss-reactive ketones (excluding diaryl/α,β-unsaturated/α-hetero) is 3. The first-order valence-electron chi connectivity index (χ1n) is 22.6. The second-order valence-corrected chi connectivity index (χ2v) is 17.6. The molecule has 1 aliphatic carbocycles. The Bertz CT molecular complexity index is 1990. The van der Waals surface area contributed by atoms with Crippen molar-refractivity contribution in [1.29, 1.82) is 0 Å². The SMILES string of the molecule is CCCCCCN(CCCCCC)C1=C2NC(=O)C(C)=CC=C[C@H](C)[C@H](O)[C@@H](C)[C@H](O)[C@H](C)[C@H](OC(C)=O)[C@H](C)[C@@H](OC)C=CO[C@@]3(C)Oc4c(C)c(O)c(c(c4C3=O)C1=O)C2=O. The standard InChI is InChI=1S/C49H70N2O12/c1-12-14-16-18-24-51(25-19-17-15-13-2)39-38-43(56)36-35(44(39)57)37-46(32(8)42(36)55)63-49(10,47(37)58)61-26-23-34(60-11)29(5)45(62-33(9)52)31(7)41(54)30(6)40(53)27(3)21-20-22-28(4)48(59)50-38/h20-23,26-27,29-31,34,40-41,45,53-55H,12-19,24-25H2,1-11H3,(H,50,59)/t27-,29+,30+,31-,34-,40-,41-,45+,49-/m0/s1. The molecule has 0 fully saturated rings. The van der Waals surface area contributed by atoms with Gasteiger partial charge in [0.15, 0.2) is 0 Å². The normalized spacial score (nSPS) is 28.1. The number of aromatic hydroxyl groups is 1. The Morgan fingerprint density at radius 2 is 1.46 bits per heavy atom. The lowest BCUT2D eigenvalue weighted by molar-refractivity contribution is -0.160. The van der Waals surface area contributed by atoms with E-state index < -0.39 is 94.4 Å². The fourth-order valence-electron chi connectivity index (χ4n) is 8.77. The van der Waals surface area contributed by atoms with Crippen LogP contribution in [0.4, 0.5) is 0 Å². The van der Waals surface area contributed by atoms with Gasteiger partial charge in [0.1, 0.15) is 29.0 Å². The molecule has 348 valence electrons. The summed E-state index contributed by atoms with van der Waals surface area (Å²) in [7, 11) is 1.44. The number of amides is 1. The van der Waals surface area contributed by atoms with E-state index in [4.69, 9.17) is 18.9 Å². The molecule has 14 heteroatoms. The molecule has 63 heavy (non-hydrogen) atoms. The lowest BCUT2D eigenvalue weighted by Gasteiger charge is -2.38. The molecular formula is C49H70N2O12. The van der Waals surface area contributed by atoms with Gasteiger partial charge in [-0.2, -0.15) is 0 Å². The number of nitrogens with zero attached hydrogens (tertiary/aromatic N) is 1. The molecule has 0 spiro atoms. The van der Waals surface area contributed by atoms with Gasteiger partial charge in [-0.15, -0.1) is 0 Å². The number of fused-ring (bicyclic) bond motifs is 14. The number of methoxy groups -OCH3 is 1. The molecule has 1 aromatic rings. The highest BCUT2D eigenvalue weighted by molar-refractivity contribution is 6.32. The number of nitrogens with one attached hydrogen (secondary N) is 1. The Hall–Kier alpha value is -4.79. The minimum absolute atomic E-state index is 0.0251. The Labute approximate surface area is 372 Å². The number of phenolic OH excluding ortho intramolecular Hbond substituents is 1. The molecule has 4 aliphatic rings. The van der Waals surface area contributed by atoms with Crippen molar-refractivity contribution < 1.29 is 58.2 Å². The lowest BCUT2D eigenvalue weighted by Crippen LogP contribution is -2.46. The maximum absolute atomic E-state index is 15.2. The van der Waals surface area contributed by atoms with E-state index >= 15 is 4.79 Å². The van der Waals surface area contributed by atoms with Crippen molar-refractivity contribution >= 4 is 29.2 Å². The number of esters is 1. The van der Waals surface area contributed by atoms with Crippen LogP contribution in [0.15, 0.2) is 47.5 Å². The molecule has 4 N–H and O–H groups in total. The minimum atomic E-state index is -2.07. The predicted octanol–water partition coefficient (Wildman–Crippen LogP) is 7.42. The molecule has 3 aliphatic heterocycles. The van der Waals surface area contributed by atoms with Gasteiger partial charge in [0.25, 0.3) is 11.7 Å². The summed E-state index contributed by atoms with van der Waals surface area (Å²) in [6, 6.07) is 0. The summed E-state index contributed by atoms with van der Waals surface area (Å²) in [6.45, 7) is 17.5. The van der Waals surface area contributed by atoms with E-state index in [0.717, 1.165) is 38.5 Å². The van der Waals surface area contributed by atoms with Gasteiger partial charge in [0.05, 0.1) is 41.3 Å². The zero-order valence-electron chi connectivity index (χ0n) is 39.0. The summed E-state index contributed by atoms with van der Waals surface area (Å²) < 4.78 is 23.8. The van der Waals surface area contributed by atoms with Crippen LogP contribution < -0.4 is 10.1 Å². The highest BCUT2D eigenvalue weighted by Crippen LogP contribution is 2.49. The summed E-state index contributed by atoms with van der Waals surface area (Å²) in [4.78, 5) is 72.9. The summed E-state index contributed by atoms with van der Waals surface area (Å²) in [6.07, 6.45) is 10.6. The Morgan fingerprint density at radius 3 is 2.03 bits per heavy atom. The van der Waals surface area contributed by atoms with Crippen LogP contribution in [0, 0.1) is 30.6 Å². The fraction of sp³-hybridized carbons (Fsp3) is 0.612. The summed E-state index contributed by atoms with van der Waals surface area (Å²) in [5.41, 5.74) is -1.14. The molecule has 0 unspecified atom stereocenters. The molecule has 0 saturated carbocycles. The van der Waals surface area contributed by atoms with Crippen LogP contribution in [0.5, 0.6) is 11.5 Å². The molecule has 5 rings (SSSR count). The van der Waals surface area contributed by atoms with Gasteiger partial charge >= 0.3 is 11.8 Å². The first kappa shape index (κ1) is 50.9. The number of phenols is 1. The van der Waals surface area contributed by atoms with E-state index in [1.807, 2.05) is 4.90 Å². The smallest absolute Gasteiger partial charge is 0.312 e. The quantitative estimate of drug-likeness (QED) is 0.113. The number of carbonyl (C=O) groups is 5. The number of ketones is 3. The Morgan fingerprint density at radius 1 is 0.841 bits per heavy atom.